The van der Waals surface area contributed by atoms with Gasteiger partial charge in [0, 0.05) is 12.1 Å². The molecule has 0 spiro atoms. The lowest BCUT2D eigenvalue weighted by molar-refractivity contribution is -0.385. The van der Waals surface area contributed by atoms with Crippen LogP contribution in [0, 0.1) is 10.1 Å². The summed E-state index contributed by atoms with van der Waals surface area (Å²) in [5, 5.41) is 10.8. The molecule has 0 bridgehead atoms. The molecule has 0 N–H and O–H groups in total. The third kappa shape index (κ3) is 2.79. The van der Waals surface area contributed by atoms with Crippen LogP contribution >= 0.6 is 15.9 Å². The highest BCUT2D eigenvalue weighted by molar-refractivity contribution is 9.10. The molecule has 6 heteroatoms. The van der Waals surface area contributed by atoms with Gasteiger partial charge in [0.15, 0.2) is 0 Å². The third-order valence-electron chi connectivity index (χ3n) is 1.97. The number of pyridine rings is 1. The number of halogens is 1. The second-order valence-corrected chi connectivity index (χ2v) is 3.94. The van der Waals surface area contributed by atoms with E-state index in [1.807, 2.05) is 0 Å². The van der Waals surface area contributed by atoms with Crippen LogP contribution in [0.25, 0.3) is 0 Å². The van der Waals surface area contributed by atoms with Crippen LogP contribution in [0.4, 0.5) is 5.69 Å². The molecule has 0 amide bonds. The Hall–Kier alpha value is -1.95. The number of hydrogen-bond acceptors (Lipinski definition) is 4. The Morgan fingerprint density at radius 3 is 2.65 bits per heavy atom. The minimum absolute atomic E-state index is 0.0886. The maximum Gasteiger partial charge on any atom is 0.311 e. The maximum atomic E-state index is 10.8. The summed E-state index contributed by atoms with van der Waals surface area (Å²) < 4.78 is 5.97. The summed E-state index contributed by atoms with van der Waals surface area (Å²) in [6.07, 6.45) is 0. The highest BCUT2D eigenvalue weighted by atomic mass is 79.9. The first-order valence-corrected chi connectivity index (χ1v) is 5.50. The molecule has 86 valence electrons. The Balaban J connectivity index is 2.33. The highest BCUT2D eigenvalue weighted by Crippen LogP contribution is 2.30. The summed E-state index contributed by atoms with van der Waals surface area (Å²) >= 11 is 3.20. The fourth-order valence-corrected chi connectivity index (χ4v) is 1.58. The van der Waals surface area contributed by atoms with Crippen molar-refractivity contribution >= 4 is 21.6 Å². The van der Waals surface area contributed by atoms with E-state index < -0.39 is 4.92 Å². The van der Waals surface area contributed by atoms with Crippen molar-refractivity contribution < 1.29 is 9.66 Å². The van der Waals surface area contributed by atoms with E-state index in [-0.39, 0.29) is 11.4 Å². The van der Waals surface area contributed by atoms with Crippen molar-refractivity contribution in [1.82, 2.24) is 4.98 Å². The van der Waals surface area contributed by atoms with Gasteiger partial charge in [0.2, 0.25) is 11.6 Å². The summed E-state index contributed by atoms with van der Waals surface area (Å²) in [7, 11) is 0. The molecule has 0 aliphatic rings. The van der Waals surface area contributed by atoms with E-state index in [4.69, 9.17) is 4.74 Å². The lowest BCUT2D eigenvalue weighted by Crippen LogP contribution is -1.94. The van der Waals surface area contributed by atoms with Crippen LogP contribution in [0.3, 0.4) is 0 Å². The Bertz CT molecular complexity index is 560. The van der Waals surface area contributed by atoms with E-state index in [2.05, 4.69) is 20.9 Å². The molecule has 1 heterocycles. The van der Waals surface area contributed by atoms with Gasteiger partial charge in [-0.1, -0.05) is 18.2 Å². The van der Waals surface area contributed by atoms with Gasteiger partial charge in [-0.3, -0.25) is 10.1 Å². The minimum atomic E-state index is -0.493. The van der Waals surface area contributed by atoms with Crippen molar-refractivity contribution in [3.05, 3.63) is 57.2 Å². The highest BCUT2D eigenvalue weighted by Gasteiger charge is 2.14. The molecule has 0 unspecified atom stereocenters. The first-order valence-electron chi connectivity index (χ1n) is 4.70. The van der Waals surface area contributed by atoms with Crippen LogP contribution in [0.2, 0.25) is 0 Å². The topological polar surface area (TPSA) is 65.3 Å². The molecule has 1 aromatic heterocycles. The molecule has 5 nitrogen and oxygen atoms in total. The average molecular weight is 295 g/mol. The summed E-state index contributed by atoms with van der Waals surface area (Å²) in [6.45, 7) is 0. The zero-order valence-corrected chi connectivity index (χ0v) is 10.1. The standard InChI is InChI=1S/C11H7BrN2O3/c12-10-6-3-7-11(13-10)17-9-5-2-1-4-8(9)14(15)16/h1-7H. The van der Waals surface area contributed by atoms with Crippen LogP contribution in [-0.4, -0.2) is 9.91 Å². The van der Waals surface area contributed by atoms with Crippen molar-refractivity contribution in [3.63, 3.8) is 0 Å². The van der Waals surface area contributed by atoms with Crippen molar-refractivity contribution in [1.29, 1.82) is 0 Å². The zero-order chi connectivity index (χ0) is 12.3. The van der Waals surface area contributed by atoms with E-state index in [1.165, 1.54) is 12.1 Å². The number of nitro benzene ring substituents is 1. The van der Waals surface area contributed by atoms with Gasteiger partial charge in [0.05, 0.1) is 4.92 Å². The van der Waals surface area contributed by atoms with Crippen molar-refractivity contribution in [2.75, 3.05) is 0 Å². The SMILES string of the molecule is O=[N+]([O-])c1ccccc1Oc1cccc(Br)n1. The second kappa shape index (κ2) is 4.92. The molecular formula is C11H7BrN2O3. The van der Waals surface area contributed by atoms with E-state index in [0.717, 1.165) is 0 Å². The number of benzene rings is 1. The molecular weight excluding hydrogens is 288 g/mol. The summed E-state index contributed by atoms with van der Waals surface area (Å²) in [4.78, 5) is 14.3. The molecule has 1 aromatic carbocycles. The molecule has 2 aromatic rings. The van der Waals surface area contributed by atoms with Gasteiger partial charge in [-0.25, -0.2) is 4.98 Å². The Labute approximate surface area is 105 Å². The Morgan fingerprint density at radius 2 is 1.94 bits per heavy atom. The molecule has 2 rings (SSSR count). The summed E-state index contributed by atoms with van der Waals surface area (Å²) in [5.41, 5.74) is -0.0886. The average Bonchev–Trinajstić information content (AvgIpc) is 2.29. The van der Waals surface area contributed by atoms with Gasteiger partial charge in [-0.05, 0) is 28.1 Å². The molecule has 0 fully saturated rings. The van der Waals surface area contributed by atoms with Crippen LogP contribution in [-0.2, 0) is 0 Å². The normalized spacial score (nSPS) is 9.94. The van der Waals surface area contributed by atoms with Crippen LogP contribution < -0.4 is 4.74 Å². The summed E-state index contributed by atoms with van der Waals surface area (Å²) in [5.74, 6) is 0.469. The quantitative estimate of drug-likeness (QED) is 0.493. The smallest absolute Gasteiger partial charge is 0.311 e. The minimum Gasteiger partial charge on any atom is -0.432 e. The molecule has 0 saturated carbocycles. The number of nitrogens with zero attached hydrogens (tertiary/aromatic N) is 2. The van der Waals surface area contributed by atoms with Crippen molar-refractivity contribution in [2.24, 2.45) is 0 Å². The van der Waals surface area contributed by atoms with Gasteiger partial charge in [-0.15, -0.1) is 0 Å². The Morgan fingerprint density at radius 1 is 1.18 bits per heavy atom. The summed E-state index contributed by atoms with van der Waals surface area (Å²) in [6, 6.07) is 11.3. The van der Waals surface area contributed by atoms with Gasteiger partial charge < -0.3 is 4.74 Å². The zero-order valence-electron chi connectivity index (χ0n) is 8.54. The number of nitro groups is 1. The van der Waals surface area contributed by atoms with Crippen molar-refractivity contribution in [3.8, 4) is 11.6 Å². The maximum absolute atomic E-state index is 10.8. The number of aromatic nitrogens is 1. The fraction of sp³-hybridized carbons (Fsp3) is 0. The van der Waals surface area contributed by atoms with Crippen molar-refractivity contribution in [2.45, 2.75) is 0 Å². The van der Waals surface area contributed by atoms with E-state index >= 15 is 0 Å². The monoisotopic (exact) mass is 294 g/mol. The van der Waals surface area contributed by atoms with E-state index in [1.54, 1.807) is 30.3 Å². The third-order valence-corrected chi connectivity index (χ3v) is 2.41. The molecule has 0 radical (unpaired) electrons. The predicted octanol–water partition coefficient (Wildman–Crippen LogP) is 3.54. The van der Waals surface area contributed by atoms with E-state index in [9.17, 15) is 10.1 Å². The first-order chi connectivity index (χ1) is 8.16. The molecule has 0 aliphatic heterocycles. The number of para-hydroxylation sites is 2. The molecule has 0 saturated heterocycles. The number of ether oxygens (including phenoxy) is 1. The Kier molecular flexibility index (Phi) is 3.34. The van der Waals surface area contributed by atoms with Crippen LogP contribution in [0.15, 0.2) is 47.1 Å². The number of hydrogen-bond donors (Lipinski definition) is 0. The molecule has 0 aliphatic carbocycles. The lowest BCUT2D eigenvalue weighted by atomic mass is 10.3. The van der Waals surface area contributed by atoms with Gasteiger partial charge in [0.25, 0.3) is 0 Å². The van der Waals surface area contributed by atoms with E-state index in [0.29, 0.717) is 10.5 Å². The second-order valence-electron chi connectivity index (χ2n) is 3.13. The van der Waals surface area contributed by atoms with Gasteiger partial charge in [-0.2, -0.15) is 0 Å². The molecule has 17 heavy (non-hydrogen) atoms. The van der Waals surface area contributed by atoms with Gasteiger partial charge >= 0.3 is 5.69 Å². The number of rotatable bonds is 3. The predicted molar refractivity (Wildman–Crippen MR) is 65.1 cm³/mol. The molecule has 0 atom stereocenters. The fourth-order valence-electron chi connectivity index (χ4n) is 1.25. The largest absolute Gasteiger partial charge is 0.432 e. The van der Waals surface area contributed by atoms with Crippen LogP contribution in [0.5, 0.6) is 11.6 Å². The van der Waals surface area contributed by atoms with Crippen LogP contribution in [0.1, 0.15) is 0 Å². The lowest BCUT2D eigenvalue weighted by Gasteiger charge is -2.04. The van der Waals surface area contributed by atoms with Gasteiger partial charge in [0.1, 0.15) is 4.60 Å². The first kappa shape index (κ1) is 11.5.